The average molecular weight is 238 g/mol. The molecule has 18 heavy (non-hydrogen) atoms. The van der Waals surface area contributed by atoms with Gasteiger partial charge < -0.3 is 4.57 Å². The third-order valence-corrected chi connectivity index (χ3v) is 2.99. The molecule has 0 aliphatic carbocycles. The molecule has 0 aliphatic heterocycles. The van der Waals surface area contributed by atoms with Gasteiger partial charge in [-0.15, -0.1) is 0 Å². The Hall–Kier alpha value is -2.34. The third-order valence-electron chi connectivity index (χ3n) is 2.99. The molecule has 0 fully saturated rings. The number of hydrogen-bond donors (Lipinski definition) is 0. The van der Waals surface area contributed by atoms with Gasteiger partial charge in [-0.3, -0.25) is 4.79 Å². The standard InChI is InChI=1S/C15H14N2O/c1-10-4-5-13(9-16)8-15(10)17-11(2)6-14(18)7-12(17)3/h4-8H,1-3H3. The zero-order chi connectivity index (χ0) is 13.3. The van der Waals surface area contributed by atoms with E-state index in [0.29, 0.717) is 5.56 Å². The Balaban J connectivity index is 2.77. The molecule has 1 aromatic carbocycles. The van der Waals surface area contributed by atoms with E-state index in [0.717, 1.165) is 22.6 Å². The molecule has 0 atom stereocenters. The number of aromatic nitrogens is 1. The maximum absolute atomic E-state index is 11.4. The lowest BCUT2D eigenvalue weighted by Crippen LogP contribution is -2.12. The molecular weight excluding hydrogens is 224 g/mol. The molecule has 3 nitrogen and oxygen atoms in total. The van der Waals surface area contributed by atoms with Crippen molar-refractivity contribution in [1.29, 1.82) is 5.26 Å². The maximum atomic E-state index is 11.4. The third kappa shape index (κ3) is 2.05. The fourth-order valence-electron chi connectivity index (χ4n) is 2.16. The summed E-state index contributed by atoms with van der Waals surface area (Å²) in [7, 11) is 0. The van der Waals surface area contributed by atoms with Gasteiger partial charge in [0.1, 0.15) is 0 Å². The first-order valence-corrected chi connectivity index (χ1v) is 5.74. The van der Waals surface area contributed by atoms with Gasteiger partial charge in [0.15, 0.2) is 5.43 Å². The van der Waals surface area contributed by atoms with Gasteiger partial charge in [-0.1, -0.05) is 6.07 Å². The van der Waals surface area contributed by atoms with Crippen molar-refractivity contribution in [3.8, 4) is 11.8 Å². The highest BCUT2D eigenvalue weighted by atomic mass is 16.1. The van der Waals surface area contributed by atoms with Crippen molar-refractivity contribution in [3.05, 3.63) is 63.1 Å². The minimum atomic E-state index is 0.00957. The van der Waals surface area contributed by atoms with Crippen molar-refractivity contribution in [2.45, 2.75) is 20.8 Å². The second kappa shape index (κ2) is 4.50. The van der Waals surface area contributed by atoms with E-state index in [2.05, 4.69) is 6.07 Å². The molecule has 0 saturated carbocycles. The van der Waals surface area contributed by atoms with Crippen LogP contribution in [-0.2, 0) is 0 Å². The number of pyridine rings is 1. The van der Waals surface area contributed by atoms with Crippen LogP contribution in [0, 0.1) is 32.1 Å². The Morgan fingerprint density at radius 2 is 1.67 bits per heavy atom. The van der Waals surface area contributed by atoms with Crippen LogP contribution in [-0.4, -0.2) is 4.57 Å². The van der Waals surface area contributed by atoms with Crippen LogP contribution in [0.3, 0.4) is 0 Å². The summed E-state index contributed by atoms with van der Waals surface area (Å²) in [6.45, 7) is 5.78. The molecule has 1 heterocycles. The van der Waals surface area contributed by atoms with Crippen LogP contribution in [0.4, 0.5) is 0 Å². The summed E-state index contributed by atoms with van der Waals surface area (Å²) >= 11 is 0. The normalized spacial score (nSPS) is 10.1. The minimum Gasteiger partial charge on any atom is -0.318 e. The van der Waals surface area contributed by atoms with Crippen molar-refractivity contribution in [1.82, 2.24) is 4.57 Å². The van der Waals surface area contributed by atoms with Gasteiger partial charge in [0, 0.05) is 29.2 Å². The quantitative estimate of drug-likeness (QED) is 0.766. The van der Waals surface area contributed by atoms with Crippen molar-refractivity contribution < 1.29 is 0 Å². The summed E-state index contributed by atoms with van der Waals surface area (Å²) < 4.78 is 2.00. The number of hydrogen-bond acceptors (Lipinski definition) is 2. The second-order valence-electron chi connectivity index (χ2n) is 4.42. The zero-order valence-electron chi connectivity index (χ0n) is 10.7. The molecule has 2 rings (SSSR count). The summed E-state index contributed by atoms with van der Waals surface area (Å²) in [5.74, 6) is 0. The number of nitriles is 1. The molecule has 0 spiro atoms. The van der Waals surface area contributed by atoms with E-state index < -0.39 is 0 Å². The summed E-state index contributed by atoms with van der Waals surface area (Å²) in [4.78, 5) is 11.4. The van der Waals surface area contributed by atoms with Gasteiger partial charge in [-0.05, 0) is 38.5 Å². The lowest BCUT2D eigenvalue weighted by atomic mass is 10.1. The Bertz CT molecular complexity index is 679. The minimum absolute atomic E-state index is 0.00957. The van der Waals surface area contributed by atoms with Gasteiger partial charge in [-0.2, -0.15) is 5.26 Å². The van der Waals surface area contributed by atoms with Crippen molar-refractivity contribution in [2.75, 3.05) is 0 Å². The van der Waals surface area contributed by atoms with Crippen molar-refractivity contribution >= 4 is 0 Å². The monoisotopic (exact) mass is 238 g/mol. The number of nitrogens with zero attached hydrogens (tertiary/aromatic N) is 2. The second-order valence-corrected chi connectivity index (χ2v) is 4.42. The smallest absolute Gasteiger partial charge is 0.182 e. The lowest BCUT2D eigenvalue weighted by molar-refractivity contribution is 0.913. The number of aryl methyl sites for hydroxylation is 3. The van der Waals surface area contributed by atoms with E-state index >= 15 is 0 Å². The first-order chi connectivity index (χ1) is 8.52. The maximum Gasteiger partial charge on any atom is 0.182 e. The van der Waals surface area contributed by atoms with Crippen molar-refractivity contribution in [2.24, 2.45) is 0 Å². The van der Waals surface area contributed by atoms with Crippen LogP contribution in [0.15, 0.2) is 35.1 Å². The molecule has 0 bridgehead atoms. The molecular formula is C15H14N2O. The summed E-state index contributed by atoms with van der Waals surface area (Å²) in [6.07, 6.45) is 0. The van der Waals surface area contributed by atoms with Crippen LogP contribution >= 0.6 is 0 Å². The topological polar surface area (TPSA) is 45.8 Å². The van der Waals surface area contributed by atoms with E-state index in [-0.39, 0.29) is 5.43 Å². The van der Waals surface area contributed by atoms with Gasteiger partial charge in [0.05, 0.1) is 11.6 Å². The van der Waals surface area contributed by atoms with Crippen molar-refractivity contribution in [3.63, 3.8) is 0 Å². The SMILES string of the molecule is Cc1ccc(C#N)cc1-n1c(C)cc(=O)cc1C. The highest BCUT2D eigenvalue weighted by molar-refractivity contribution is 5.49. The Morgan fingerprint density at radius 3 is 2.22 bits per heavy atom. The number of rotatable bonds is 1. The molecule has 0 unspecified atom stereocenters. The molecule has 0 amide bonds. The molecule has 0 saturated heterocycles. The number of benzene rings is 1. The summed E-state index contributed by atoms with van der Waals surface area (Å²) in [5, 5.41) is 8.97. The van der Waals surface area contributed by atoms with Gasteiger partial charge in [-0.25, -0.2) is 0 Å². The molecule has 2 aromatic rings. The summed E-state index contributed by atoms with van der Waals surface area (Å²) in [5.41, 5.74) is 4.40. The van der Waals surface area contributed by atoms with E-state index in [1.54, 1.807) is 18.2 Å². The fourth-order valence-corrected chi connectivity index (χ4v) is 2.16. The van der Waals surface area contributed by atoms with Gasteiger partial charge in [0.2, 0.25) is 0 Å². The molecule has 3 heteroatoms. The Labute approximate surface area is 106 Å². The molecule has 90 valence electrons. The highest BCUT2D eigenvalue weighted by Crippen LogP contribution is 2.19. The predicted molar refractivity (Wildman–Crippen MR) is 71.0 cm³/mol. The molecule has 0 N–H and O–H groups in total. The van der Waals surface area contributed by atoms with Gasteiger partial charge in [0.25, 0.3) is 0 Å². The van der Waals surface area contributed by atoms with Crippen LogP contribution < -0.4 is 5.43 Å². The van der Waals surface area contributed by atoms with Crippen LogP contribution in [0.5, 0.6) is 0 Å². The van der Waals surface area contributed by atoms with E-state index in [1.165, 1.54) is 0 Å². The molecule has 1 aromatic heterocycles. The fraction of sp³-hybridized carbons (Fsp3) is 0.200. The largest absolute Gasteiger partial charge is 0.318 e. The van der Waals surface area contributed by atoms with Gasteiger partial charge >= 0.3 is 0 Å². The van der Waals surface area contributed by atoms with Crippen LogP contribution in [0.25, 0.3) is 5.69 Å². The Kier molecular flexibility index (Phi) is 3.03. The average Bonchev–Trinajstić information content (AvgIpc) is 2.30. The molecule has 0 aliphatic rings. The zero-order valence-corrected chi connectivity index (χ0v) is 10.7. The van der Waals surface area contributed by atoms with E-state index in [9.17, 15) is 4.79 Å². The van der Waals surface area contributed by atoms with Crippen LogP contribution in [0.2, 0.25) is 0 Å². The first kappa shape index (κ1) is 12.1. The predicted octanol–water partition coefficient (Wildman–Crippen LogP) is 2.63. The molecule has 0 radical (unpaired) electrons. The van der Waals surface area contributed by atoms with E-state index in [1.807, 2.05) is 37.5 Å². The first-order valence-electron chi connectivity index (χ1n) is 5.74. The van der Waals surface area contributed by atoms with E-state index in [4.69, 9.17) is 5.26 Å². The Morgan fingerprint density at radius 1 is 1.06 bits per heavy atom. The highest BCUT2D eigenvalue weighted by Gasteiger charge is 2.07. The summed E-state index contributed by atoms with van der Waals surface area (Å²) in [6, 6.07) is 10.9. The van der Waals surface area contributed by atoms with Crippen LogP contribution in [0.1, 0.15) is 22.5 Å². The lowest BCUT2D eigenvalue weighted by Gasteiger charge is -2.16.